The summed E-state index contributed by atoms with van der Waals surface area (Å²) >= 11 is 0. The molecular weight excluding hydrogens is 620 g/mol. The van der Waals surface area contributed by atoms with Gasteiger partial charge in [0.15, 0.2) is 0 Å². The van der Waals surface area contributed by atoms with Gasteiger partial charge in [-0.1, -0.05) is 32.0 Å². The highest BCUT2D eigenvalue weighted by molar-refractivity contribution is 5.96. The third-order valence-electron chi connectivity index (χ3n) is 8.20. The minimum absolute atomic E-state index is 0.00827. The zero-order valence-electron chi connectivity index (χ0n) is 27.9. The number of nitrogens with one attached hydrogen (secondary N) is 7. The number of unbranched alkanes of at least 4 members (excludes halogenated alkanes) is 1. The summed E-state index contributed by atoms with van der Waals surface area (Å²) in [7, 11) is 0. The van der Waals surface area contributed by atoms with Crippen molar-refractivity contribution in [1.29, 1.82) is 0 Å². The second-order valence-electron chi connectivity index (χ2n) is 12.7. The summed E-state index contributed by atoms with van der Waals surface area (Å²) in [5, 5.41) is 26.4. The number of hydrogen-bond acceptors (Lipinski definition) is 8. The number of para-hydroxylation sites is 1. The van der Waals surface area contributed by atoms with Crippen LogP contribution in [0, 0.1) is 5.92 Å². The van der Waals surface area contributed by atoms with Gasteiger partial charge in [0.25, 0.3) is 0 Å². The number of aromatic nitrogens is 1. The molecule has 0 saturated carbocycles. The monoisotopic (exact) mass is 670 g/mol. The summed E-state index contributed by atoms with van der Waals surface area (Å²) in [6.07, 6.45) is 4.87. The number of aliphatic carboxylic acids is 1. The van der Waals surface area contributed by atoms with Gasteiger partial charge in [0.05, 0.1) is 12.6 Å². The smallest absolute Gasteiger partial charge is 0.325 e. The van der Waals surface area contributed by atoms with Crippen LogP contribution >= 0.6 is 0 Å². The Hall–Kier alpha value is -4.50. The quantitative estimate of drug-likeness (QED) is 0.0899. The van der Waals surface area contributed by atoms with E-state index in [2.05, 4.69) is 36.9 Å². The first kappa shape index (κ1) is 38.0. The molecule has 3 rings (SSSR count). The fourth-order valence-electron chi connectivity index (χ4n) is 5.56. The number of carboxylic acids is 1. The fraction of sp³-hybridized carbons (Fsp3) is 0.576. The van der Waals surface area contributed by atoms with Gasteiger partial charge in [0.1, 0.15) is 24.2 Å². The summed E-state index contributed by atoms with van der Waals surface area (Å²) in [6, 6.07) is 2.66. The maximum atomic E-state index is 13.9. The van der Waals surface area contributed by atoms with Crippen LogP contribution in [0.1, 0.15) is 64.9 Å². The molecule has 0 aliphatic carbocycles. The number of rotatable bonds is 19. The van der Waals surface area contributed by atoms with Crippen molar-refractivity contribution in [2.75, 3.05) is 19.6 Å². The van der Waals surface area contributed by atoms with Gasteiger partial charge in [-0.2, -0.15) is 0 Å². The molecule has 2 aromatic rings. The minimum Gasteiger partial charge on any atom is -0.480 e. The minimum atomic E-state index is -1.23. The van der Waals surface area contributed by atoms with Gasteiger partial charge in [0, 0.05) is 23.5 Å². The van der Waals surface area contributed by atoms with E-state index in [0.29, 0.717) is 25.8 Å². The van der Waals surface area contributed by atoms with Crippen LogP contribution in [0.15, 0.2) is 30.5 Å². The second kappa shape index (κ2) is 18.7. The maximum absolute atomic E-state index is 13.9. The summed E-state index contributed by atoms with van der Waals surface area (Å²) in [4.78, 5) is 80.5. The number of aromatic amines is 1. The molecule has 1 aliphatic rings. The van der Waals surface area contributed by atoms with E-state index in [1.807, 2.05) is 38.1 Å². The standard InChI is InChI=1S/C33H50N8O7/c1-19(2)15-26(39-28(42)18-37-29(43)24-12-8-14-35-24)31(45)41-27(16-21-17-36-23-10-5-4-9-22(21)23)32(46)40-25(11-6-7-13-34)30(44)38-20(3)33(47)48/h4-5,9-10,17,19-20,24-27,35-36H,6-8,11-16,18,34H2,1-3H3,(H,37,43)(H,38,44)(H,39,42)(H,40,46)(H,41,45)(H,47,48)/t20-,24-,25-,26-,27-/m0/s1. The molecule has 48 heavy (non-hydrogen) atoms. The lowest BCUT2D eigenvalue weighted by Gasteiger charge is -2.26. The summed E-state index contributed by atoms with van der Waals surface area (Å²) in [5.74, 6) is -4.01. The Morgan fingerprint density at radius 2 is 1.60 bits per heavy atom. The first-order valence-corrected chi connectivity index (χ1v) is 16.6. The number of benzene rings is 1. The van der Waals surface area contributed by atoms with Gasteiger partial charge in [-0.25, -0.2) is 0 Å². The van der Waals surface area contributed by atoms with Crippen LogP contribution in [0.3, 0.4) is 0 Å². The van der Waals surface area contributed by atoms with Crippen LogP contribution in [-0.2, 0) is 35.2 Å². The first-order valence-electron chi connectivity index (χ1n) is 16.6. The highest BCUT2D eigenvalue weighted by Gasteiger charge is 2.32. The SMILES string of the molecule is CC(C)C[C@H](NC(=O)CNC(=O)[C@@H]1CCCN1)C(=O)N[C@@H](Cc1c[nH]c2ccccc12)C(=O)N[C@@H](CCCCN)C(=O)N[C@@H](C)C(=O)O. The van der Waals surface area contributed by atoms with Crippen molar-refractivity contribution in [3.8, 4) is 0 Å². The normalized spacial score (nSPS) is 16.8. The Morgan fingerprint density at radius 3 is 2.27 bits per heavy atom. The molecule has 1 aromatic heterocycles. The van der Waals surface area contributed by atoms with E-state index in [1.54, 1.807) is 6.20 Å². The Bertz CT molecular complexity index is 1420. The number of H-pyrrole nitrogens is 1. The number of fused-ring (bicyclic) bond motifs is 1. The molecule has 15 nitrogen and oxygen atoms in total. The van der Waals surface area contributed by atoms with Crippen LogP contribution in [0.2, 0.25) is 0 Å². The molecule has 1 fully saturated rings. The number of carbonyl (C=O) groups is 6. The zero-order chi connectivity index (χ0) is 35.2. The fourth-order valence-corrected chi connectivity index (χ4v) is 5.56. The Kier molecular flexibility index (Phi) is 14.8. The zero-order valence-corrected chi connectivity index (χ0v) is 27.9. The lowest BCUT2D eigenvalue weighted by molar-refractivity contribution is -0.141. The second-order valence-corrected chi connectivity index (χ2v) is 12.7. The molecule has 2 heterocycles. The predicted octanol–water partition coefficient (Wildman–Crippen LogP) is -0.203. The maximum Gasteiger partial charge on any atom is 0.325 e. The van der Waals surface area contributed by atoms with E-state index < -0.39 is 53.8 Å². The molecule has 1 aromatic carbocycles. The Labute approximate surface area is 280 Å². The van der Waals surface area contributed by atoms with Crippen molar-refractivity contribution in [2.24, 2.45) is 11.7 Å². The summed E-state index contributed by atoms with van der Waals surface area (Å²) < 4.78 is 0. The lowest BCUT2D eigenvalue weighted by atomic mass is 10.00. The van der Waals surface area contributed by atoms with Crippen molar-refractivity contribution < 1.29 is 33.9 Å². The van der Waals surface area contributed by atoms with E-state index in [9.17, 15) is 33.9 Å². The highest BCUT2D eigenvalue weighted by atomic mass is 16.4. The molecule has 15 heteroatoms. The molecule has 264 valence electrons. The van der Waals surface area contributed by atoms with Crippen molar-refractivity contribution in [2.45, 2.75) is 95.9 Å². The molecule has 0 unspecified atom stereocenters. The Balaban J connectivity index is 1.81. The van der Waals surface area contributed by atoms with Gasteiger partial charge in [-0.05, 0) is 76.1 Å². The molecule has 1 aliphatic heterocycles. The van der Waals surface area contributed by atoms with Crippen molar-refractivity contribution in [1.82, 2.24) is 36.9 Å². The van der Waals surface area contributed by atoms with Gasteiger partial charge in [-0.15, -0.1) is 0 Å². The van der Waals surface area contributed by atoms with Crippen LogP contribution in [0.25, 0.3) is 10.9 Å². The van der Waals surface area contributed by atoms with E-state index in [4.69, 9.17) is 5.73 Å². The number of carboxylic acid groups (broad SMARTS) is 1. The van der Waals surface area contributed by atoms with Gasteiger partial charge < -0.3 is 47.7 Å². The Morgan fingerprint density at radius 1 is 0.917 bits per heavy atom. The number of nitrogens with two attached hydrogens (primary N) is 1. The predicted molar refractivity (Wildman–Crippen MR) is 179 cm³/mol. The molecule has 0 bridgehead atoms. The summed E-state index contributed by atoms with van der Waals surface area (Å²) in [5.41, 5.74) is 7.20. The van der Waals surface area contributed by atoms with Crippen molar-refractivity contribution >= 4 is 46.4 Å². The topological polar surface area (TPSA) is 237 Å². The molecule has 1 saturated heterocycles. The third kappa shape index (κ3) is 11.6. The van der Waals surface area contributed by atoms with E-state index in [-0.39, 0.29) is 43.7 Å². The molecule has 5 atom stereocenters. The largest absolute Gasteiger partial charge is 0.480 e. The van der Waals surface area contributed by atoms with Crippen LogP contribution in [-0.4, -0.2) is 95.4 Å². The van der Waals surface area contributed by atoms with Crippen LogP contribution in [0.4, 0.5) is 0 Å². The van der Waals surface area contributed by atoms with Gasteiger partial charge in [-0.3, -0.25) is 28.8 Å². The first-order chi connectivity index (χ1) is 22.9. The number of carbonyl (C=O) groups excluding carboxylic acids is 5. The number of amides is 5. The van der Waals surface area contributed by atoms with E-state index >= 15 is 0 Å². The lowest BCUT2D eigenvalue weighted by Crippen LogP contribution is -2.58. The molecule has 5 amide bonds. The molecular formula is C33H50N8O7. The molecule has 10 N–H and O–H groups in total. The van der Waals surface area contributed by atoms with Crippen LogP contribution < -0.4 is 37.6 Å². The average Bonchev–Trinajstić information content (AvgIpc) is 3.73. The van der Waals surface area contributed by atoms with E-state index in [1.165, 1.54) is 6.92 Å². The van der Waals surface area contributed by atoms with Crippen LogP contribution in [0.5, 0.6) is 0 Å². The molecule has 0 radical (unpaired) electrons. The van der Waals surface area contributed by atoms with Crippen molar-refractivity contribution in [3.05, 3.63) is 36.0 Å². The summed E-state index contributed by atoms with van der Waals surface area (Å²) in [6.45, 7) is 5.88. The average molecular weight is 671 g/mol. The van der Waals surface area contributed by atoms with Gasteiger partial charge in [0.2, 0.25) is 29.5 Å². The highest BCUT2D eigenvalue weighted by Crippen LogP contribution is 2.20. The van der Waals surface area contributed by atoms with Gasteiger partial charge >= 0.3 is 5.97 Å². The van der Waals surface area contributed by atoms with Crippen molar-refractivity contribution in [3.63, 3.8) is 0 Å². The third-order valence-corrected chi connectivity index (χ3v) is 8.20. The van der Waals surface area contributed by atoms with E-state index in [0.717, 1.165) is 29.4 Å². The number of hydrogen-bond donors (Lipinski definition) is 9. The molecule has 0 spiro atoms.